The molecule has 2 aromatic rings. The highest BCUT2D eigenvalue weighted by molar-refractivity contribution is 9.10. The molecular weight excluding hydrogens is 496 g/mol. The second kappa shape index (κ2) is 12.1. The topological polar surface area (TPSA) is 132 Å². The number of halogens is 1. The van der Waals surface area contributed by atoms with Crippen LogP contribution in [0.2, 0.25) is 0 Å². The first-order valence-corrected chi connectivity index (χ1v) is 10.7. The molecule has 0 saturated carbocycles. The van der Waals surface area contributed by atoms with E-state index in [4.69, 9.17) is 9.47 Å². The predicted molar refractivity (Wildman–Crippen MR) is 126 cm³/mol. The van der Waals surface area contributed by atoms with Gasteiger partial charge in [-0.1, -0.05) is 36.4 Å². The van der Waals surface area contributed by atoms with Gasteiger partial charge in [0.15, 0.2) is 0 Å². The van der Waals surface area contributed by atoms with Gasteiger partial charge >= 0.3 is 6.09 Å². The third-order valence-electron chi connectivity index (χ3n) is 3.96. The van der Waals surface area contributed by atoms with E-state index in [9.17, 15) is 19.7 Å². The number of nitro groups is 1. The standard InChI is InChI=1S/C22H25BrN4O6/c1-22(2,3)33-21(29)25-18(14-32-13-15-7-5-4-6-8-15)20(28)26-24-12-16-9-10-17(23)19(11-16)27(30)31/h4-12,18H,13-14H2,1-3H3,(H,25,29)(H,26,28)/b24-12-/t18-/m0/s1. The molecule has 10 nitrogen and oxygen atoms in total. The van der Waals surface area contributed by atoms with Crippen molar-refractivity contribution in [2.75, 3.05) is 6.61 Å². The number of alkyl carbamates (subject to hydrolysis) is 1. The summed E-state index contributed by atoms with van der Waals surface area (Å²) in [7, 11) is 0. The van der Waals surface area contributed by atoms with Gasteiger partial charge in [-0.3, -0.25) is 14.9 Å². The van der Waals surface area contributed by atoms with Crippen LogP contribution in [0.25, 0.3) is 0 Å². The Labute approximate surface area is 199 Å². The van der Waals surface area contributed by atoms with Crippen molar-refractivity contribution in [3.63, 3.8) is 0 Å². The lowest BCUT2D eigenvalue weighted by Crippen LogP contribution is -2.49. The molecule has 0 aliphatic rings. The highest BCUT2D eigenvalue weighted by Gasteiger charge is 2.24. The quantitative estimate of drug-likeness (QED) is 0.292. The molecule has 2 N–H and O–H groups in total. The minimum atomic E-state index is -1.08. The van der Waals surface area contributed by atoms with Crippen molar-refractivity contribution in [1.82, 2.24) is 10.7 Å². The number of nitrogens with zero attached hydrogens (tertiary/aromatic N) is 2. The molecule has 0 aliphatic carbocycles. The Balaban J connectivity index is 2.03. The largest absolute Gasteiger partial charge is 0.444 e. The van der Waals surface area contributed by atoms with Crippen LogP contribution in [0.15, 0.2) is 58.1 Å². The number of carbonyl (C=O) groups excluding carboxylic acids is 2. The second-order valence-corrected chi connectivity index (χ2v) is 8.76. The monoisotopic (exact) mass is 520 g/mol. The van der Waals surface area contributed by atoms with Crippen molar-refractivity contribution >= 4 is 39.8 Å². The Morgan fingerprint density at radius 1 is 1.21 bits per heavy atom. The third kappa shape index (κ3) is 9.38. The summed E-state index contributed by atoms with van der Waals surface area (Å²) in [5, 5.41) is 17.3. The van der Waals surface area contributed by atoms with Crippen molar-refractivity contribution in [2.45, 2.75) is 39.0 Å². The summed E-state index contributed by atoms with van der Waals surface area (Å²) in [6.07, 6.45) is 0.477. The molecule has 1 atom stereocenters. The Bertz CT molecular complexity index is 1010. The molecule has 0 fully saturated rings. The lowest BCUT2D eigenvalue weighted by Gasteiger charge is -2.22. The van der Waals surface area contributed by atoms with E-state index in [2.05, 4.69) is 31.8 Å². The molecular formula is C22H25BrN4O6. The van der Waals surface area contributed by atoms with E-state index in [1.807, 2.05) is 30.3 Å². The molecule has 33 heavy (non-hydrogen) atoms. The van der Waals surface area contributed by atoms with Gasteiger partial charge < -0.3 is 14.8 Å². The average Bonchev–Trinajstić information content (AvgIpc) is 2.73. The summed E-state index contributed by atoms with van der Waals surface area (Å²) in [5.41, 5.74) is 2.74. The van der Waals surface area contributed by atoms with Crippen LogP contribution in [0.1, 0.15) is 31.9 Å². The molecule has 2 amide bonds. The van der Waals surface area contributed by atoms with Crippen LogP contribution >= 0.6 is 15.9 Å². The number of hydrogen-bond donors (Lipinski definition) is 2. The molecule has 0 radical (unpaired) electrons. The van der Waals surface area contributed by atoms with Crippen LogP contribution in [0.4, 0.5) is 10.5 Å². The number of benzene rings is 2. The summed E-state index contributed by atoms with van der Waals surface area (Å²) in [6, 6.07) is 12.7. The molecule has 0 bridgehead atoms. The summed E-state index contributed by atoms with van der Waals surface area (Å²) in [4.78, 5) is 35.3. The summed E-state index contributed by atoms with van der Waals surface area (Å²) < 4.78 is 11.1. The van der Waals surface area contributed by atoms with Crippen molar-refractivity contribution in [3.8, 4) is 0 Å². The minimum Gasteiger partial charge on any atom is -0.444 e. The fourth-order valence-electron chi connectivity index (χ4n) is 2.50. The zero-order valence-electron chi connectivity index (χ0n) is 18.4. The molecule has 176 valence electrons. The predicted octanol–water partition coefficient (Wildman–Crippen LogP) is 3.92. The molecule has 0 unspecified atom stereocenters. The van der Waals surface area contributed by atoms with Crippen molar-refractivity contribution in [2.24, 2.45) is 5.10 Å². The van der Waals surface area contributed by atoms with Gasteiger partial charge in [0.25, 0.3) is 11.6 Å². The highest BCUT2D eigenvalue weighted by atomic mass is 79.9. The van der Waals surface area contributed by atoms with Crippen molar-refractivity contribution < 1.29 is 24.0 Å². The SMILES string of the molecule is CC(C)(C)OC(=O)N[C@@H](COCc1ccccc1)C(=O)N/N=C\c1ccc(Br)c([N+](=O)[O-])c1. The Morgan fingerprint density at radius 3 is 2.55 bits per heavy atom. The first kappa shape index (κ1) is 25.9. The zero-order chi connectivity index (χ0) is 24.4. The van der Waals surface area contributed by atoms with E-state index in [0.29, 0.717) is 10.0 Å². The smallest absolute Gasteiger partial charge is 0.408 e. The number of ether oxygens (including phenoxy) is 2. The maximum absolute atomic E-state index is 12.6. The van der Waals surface area contributed by atoms with Gasteiger partial charge in [0.1, 0.15) is 11.6 Å². The zero-order valence-corrected chi connectivity index (χ0v) is 20.0. The second-order valence-electron chi connectivity index (χ2n) is 7.90. The molecule has 0 heterocycles. The van der Waals surface area contributed by atoms with Crippen LogP contribution in [0.3, 0.4) is 0 Å². The molecule has 2 aromatic carbocycles. The minimum absolute atomic E-state index is 0.126. The van der Waals surface area contributed by atoms with E-state index in [-0.39, 0.29) is 18.9 Å². The van der Waals surface area contributed by atoms with Crippen LogP contribution in [0, 0.1) is 10.1 Å². The van der Waals surface area contributed by atoms with Crippen molar-refractivity contribution in [1.29, 1.82) is 0 Å². The van der Waals surface area contributed by atoms with Gasteiger partial charge in [-0.2, -0.15) is 5.10 Å². The van der Waals surface area contributed by atoms with Crippen LogP contribution in [-0.4, -0.2) is 41.4 Å². The van der Waals surface area contributed by atoms with E-state index in [0.717, 1.165) is 5.56 Å². The number of carbonyl (C=O) groups is 2. The van der Waals surface area contributed by atoms with E-state index in [1.165, 1.54) is 18.3 Å². The first-order chi connectivity index (χ1) is 15.5. The number of nitrogens with one attached hydrogen (secondary N) is 2. The maximum Gasteiger partial charge on any atom is 0.408 e. The first-order valence-electron chi connectivity index (χ1n) is 9.93. The average molecular weight is 521 g/mol. The third-order valence-corrected chi connectivity index (χ3v) is 4.63. The number of nitro benzene ring substituents is 1. The summed E-state index contributed by atoms with van der Waals surface area (Å²) >= 11 is 3.10. The lowest BCUT2D eigenvalue weighted by molar-refractivity contribution is -0.385. The molecule has 0 aromatic heterocycles. The van der Waals surface area contributed by atoms with Gasteiger partial charge in [-0.25, -0.2) is 10.2 Å². The summed E-state index contributed by atoms with van der Waals surface area (Å²) in [6.45, 7) is 5.23. The number of amides is 2. The summed E-state index contributed by atoms with van der Waals surface area (Å²) in [5.74, 6) is -0.642. The normalized spacial score (nSPS) is 12.2. The van der Waals surface area contributed by atoms with Gasteiger partial charge in [0, 0.05) is 11.6 Å². The lowest BCUT2D eigenvalue weighted by atomic mass is 10.2. The van der Waals surface area contributed by atoms with E-state index < -0.39 is 28.6 Å². The fourth-order valence-corrected chi connectivity index (χ4v) is 2.89. The Morgan fingerprint density at radius 2 is 1.91 bits per heavy atom. The fraction of sp³-hybridized carbons (Fsp3) is 0.318. The van der Waals surface area contributed by atoms with Crippen LogP contribution < -0.4 is 10.7 Å². The van der Waals surface area contributed by atoms with Gasteiger partial charge in [0.2, 0.25) is 0 Å². The van der Waals surface area contributed by atoms with E-state index >= 15 is 0 Å². The Hall–Kier alpha value is -3.31. The number of hydrogen-bond acceptors (Lipinski definition) is 7. The van der Waals surface area contributed by atoms with E-state index in [1.54, 1.807) is 26.8 Å². The molecule has 11 heteroatoms. The van der Waals surface area contributed by atoms with Crippen LogP contribution in [-0.2, 0) is 20.9 Å². The molecule has 0 spiro atoms. The Kier molecular flexibility index (Phi) is 9.49. The maximum atomic E-state index is 12.6. The van der Waals surface area contributed by atoms with Crippen molar-refractivity contribution in [3.05, 3.63) is 74.2 Å². The van der Waals surface area contributed by atoms with Gasteiger partial charge in [-0.15, -0.1) is 0 Å². The number of rotatable bonds is 9. The number of hydrazone groups is 1. The van der Waals surface area contributed by atoms with Gasteiger partial charge in [0.05, 0.1) is 28.8 Å². The molecule has 0 aliphatic heterocycles. The van der Waals surface area contributed by atoms with Gasteiger partial charge in [-0.05, 0) is 48.3 Å². The van der Waals surface area contributed by atoms with Crippen LogP contribution in [0.5, 0.6) is 0 Å². The molecule has 0 saturated heterocycles. The molecule has 2 rings (SSSR count). The highest BCUT2D eigenvalue weighted by Crippen LogP contribution is 2.24.